The highest BCUT2D eigenvalue weighted by Gasteiger charge is 2.47. The first-order valence-electron chi connectivity index (χ1n) is 11.0. The van der Waals surface area contributed by atoms with Gasteiger partial charge in [-0.2, -0.15) is 0 Å². The molecule has 4 saturated heterocycles. The number of hydrogen-bond acceptors (Lipinski definition) is 4. The molecule has 0 radical (unpaired) electrons. The zero-order chi connectivity index (χ0) is 19.2. The van der Waals surface area contributed by atoms with Crippen molar-refractivity contribution in [2.45, 2.75) is 70.9 Å². The summed E-state index contributed by atoms with van der Waals surface area (Å²) < 4.78 is 5.18. The molecular formula is C21H37N3O3. The predicted octanol–water partition coefficient (Wildman–Crippen LogP) is 2.97. The van der Waals surface area contributed by atoms with E-state index in [0.29, 0.717) is 18.6 Å². The molecule has 2 amide bonds. The van der Waals surface area contributed by atoms with Crippen LogP contribution in [0.1, 0.15) is 58.8 Å². The van der Waals surface area contributed by atoms with Gasteiger partial charge in [-0.3, -0.25) is 9.69 Å². The molecule has 4 aliphatic heterocycles. The average Bonchev–Trinajstić information content (AvgIpc) is 2.69. The van der Waals surface area contributed by atoms with Gasteiger partial charge in [0.25, 0.3) is 0 Å². The zero-order valence-electron chi connectivity index (χ0n) is 17.1. The van der Waals surface area contributed by atoms with Crippen LogP contribution in [0, 0.1) is 11.8 Å². The fourth-order valence-corrected chi connectivity index (χ4v) is 5.13. The molecule has 0 aromatic carbocycles. The Morgan fingerprint density at radius 3 is 2.33 bits per heavy atom. The molecule has 1 saturated carbocycles. The van der Waals surface area contributed by atoms with Crippen LogP contribution in [0.25, 0.3) is 0 Å². The van der Waals surface area contributed by atoms with Gasteiger partial charge in [-0.15, -0.1) is 0 Å². The molecule has 0 aromatic rings. The molecule has 0 aromatic heterocycles. The lowest BCUT2D eigenvalue weighted by molar-refractivity contribution is -0.118. The minimum absolute atomic E-state index is 0.0919. The van der Waals surface area contributed by atoms with Gasteiger partial charge in [-0.25, -0.2) is 4.79 Å². The van der Waals surface area contributed by atoms with Crippen molar-refractivity contribution in [3.63, 3.8) is 0 Å². The first-order valence-corrected chi connectivity index (χ1v) is 11.0. The maximum Gasteiger partial charge on any atom is 0.410 e. The Kier molecular flexibility index (Phi) is 7.39. The van der Waals surface area contributed by atoms with Crippen LogP contribution in [0.2, 0.25) is 0 Å². The first kappa shape index (κ1) is 20.4. The van der Waals surface area contributed by atoms with E-state index in [0.717, 1.165) is 38.0 Å². The third-order valence-electron chi connectivity index (χ3n) is 6.87. The monoisotopic (exact) mass is 379 g/mol. The summed E-state index contributed by atoms with van der Waals surface area (Å²) in [5, 5.41) is 0. The molecule has 3 atom stereocenters. The highest BCUT2D eigenvalue weighted by molar-refractivity contribution is 5.68. The lowest BCUT2D eigenvalue weighted by Crippen LogP contribution is -2.64. The molecule has 27 heavy (non-hydrogen) atoms. The Hall–Kier alpha value is -1.30. The van der Waals surface area contributed by atoms with Crippen LogP contribution in [-0.4, -0.2) is 78.6 Å². The number of ether oxygens (including phenoxy) is 1. The molecule has 3 unspecified atom stereocenters. The summed E-state index contributed by atoms with van der Waals surface area (Å²) in [6.45, 7) is 10.1. The predicted molar refractivity (Wildman–Crippen MR) is 105 cm³/mol. The van der Waals surface area contributed by atoms with E-state index < -0.39 is 0 Å². The molecule has 5 rings (SSSR count). The quantitative estimate of drug-likeness (QED) is 0.705. The maximum absolute atomic E-state index is 11.9. The third kappa shape index (κ3) is 4.95. The number of carbonyl (C=O) groups excluding carboxylic acids is 2. The summed E-state index contributed by atoms with van der Waals surface area (Å²) in [7, 11) is 0. The Morgan fingerprint density at radius 2 is 1.81 bits per heavy atom. The van der Waals surface area contributed by atoms with Crippen molar-refractivity contribution in [2.75, 3.05) is 39.3 Å². The van der Waals surface area contributed by atoms with Crippen molar-refractivity contribution in [3.05, 3.63) is 0 Å². The molecule has 6 heteroatoms. The number of amides is 2. The van der Waals surface area contributed by atoms with E-state index in [4.69, 9.17) is 4.74 Å². The number of hydrogen-bond donors (Lipinski definition) is 0. The van der Waals surface area contributed by atoms with Crippen LogP contribution in [0.5, 0.6) is 0 Å². The summed E-state index contributed by atoms with van der Waals surface area (Å²) in [5.74, 6) is 1.59. The third-order valence-corrected chi connectivity index (χ3v) is 6.87. The summed E-state index contributed by atoms with van der Waals surface area (Å²) in [6.07, 6.45) is 9.47. The fraction of sp³-hybridized carbons (Fsp3) is 0.905. The van der Waals surface area contributed by atoms with Crippen molar-refractivity contribution >= 4 is 12.5 Å². The number of rotatable bonds is 4. The van der Waals surface area contributed by atoms with Gasteiger partial charge in [0.15, 0.2) is 0 Å². The van der Waals surface area contributed by atoms with Gasteiger partial charge in [0.05, 0.1) is 6.61 Å². The summed E-state index contributed by atoms with van der Waals surface area (Å²) in [5.41, 5.74) is 0. The molecule has 154 valence electrons. The summed E-state index contributed by atoms with van der Waals surface area (Å²) in [4.78, 5) is 28.5. The van der Waals surface area contributed by atoms with Crippen molar-refractivity contribution in [1.82, 2.24) is 14.7 Å². The lowest BCUT2D eigenvalue weighted by Gasteiger charge is -2.55. The molecule has 4 heterocycles. The van der Waals surface area contributed by atoms with E-state index in [1.165, 1.54) is 58.0 Å². The fourth-order valence-electron chi connectivity index (χ4n) is 5.13. The molecule has 0 spiro atoms. The largest absolute Gasteiger partial charge is 0.450 e. The van der Waals surface area contributed by atoms with Crippen LogP contribution < -0.4 is 0 Å². The molecular weight excluding hydrogens is 342 g/mol. The van der Waals surface area contributed by atoms with Gasteiger partial charge < -0.3 is 14.5 Å². The van der Waals surface area contributed by atoms with Crippen molar-refractivity contribution in [2.24, 2.45) is 11.8 Å². The van der Waals surface area contributed by atoms with Crippen LogP contribution in [0.15, 0.2) is 0 Å². The zero-order valence-corrected chi connectivity index (χ0v) is 17.1. The number of nitrogens with zero attached hydrogens (tertiary/aromatic N) is 3. The molecule has 1 aliphatic carbocycles. The Labute approximate surface area is 164 Å². The van der Waals surface area contributed by atoms with Gasteiger partial charge in [-0.1, -0.05) is 13.3 Å². The molecule has 5 fully saturated rings. The normalized spacial score (nSPS) is 31.0. The van der Waals surface area contributed by atoms with Gasteiger partial charge in [0, 0.05) is 44.8 Å². The summed E-state index contributed by atoms with van der Waals surface area (Å²) >= 11 is 0. The summed E-state index contributed by atoms with van der Waals surface area (Å²) in [6, 6.07) is 1.15. The van der Waals surface area contributed by atoms with E-state index in [2.05, 4.69) is 11.8 Å². The second-order valence-corrected chi connectivity index (χ2v) is 8.58. The number of carbonyl (C=O) groups is 2. The lowest BCUT2D eigenvalue weighted by atomic mass is 9.74. The van der Waals surface area contributed by atoms with Crippen LogP contribution >= 0.6 is 0 Å². The Balaban J connectivity index is 0.000000221. The SMILES string of the molecule is CCOC(=O)N1CC2CCC1CC2N1CC(CC)C1.O=CN1CCCCC1. The first-order chi connectivity index (χ1) is 13.2. The van der Waals surface area contributed by atoms with E-state index in [1.807, 2.05) is 16.7 Å². The molecule has 2 bridgehead atoms. The highest BCUT2D eigenvalue weighted by atomic mass is 16.6. The van der Waals surface area contributed by atoms with Crippen molar-refractivity contribution < 1.29 is 14.3 Å². The van der Waals surface area contributed by atoms with E-state index in [9.17, 15) is 9.59 Å². The van der Waals surface area contributed by atoms with E-state index in [-0.39, 0.29) is 6.09 Å². The van der Waals surface area contributed by atoms with Gasteiger partial charge in [0.2, 0.25) is 6.41 Å². The van der Waals surface area contributed by atoms with Crippen LogP contribution in [-0.2, 0) is 9.53 Å². The van der Waals surface area contributed by atoms with E-state index >= 15 is 0 Å². The minimum Gasteiger partial charge on any atom is -0.450 e. The standard InChI is InChI=1S/C15H26N2O2.C6H11NO/c1-3-11-8-16(9-11)14-7-13-6-5-12(14)10-17(13)15(18)19-4-2;8-6-7-4-2-1-3-5-7/h11-14H,3-10H2,1-2H3;6H,1-5H2. The Bertz CT molecular complexity index is 489. The van der Waals surface area contributed by atoms with Crippen molar-refractivity contribution in [3.8, 4) is 0 Å². The Morgan fingerprint density at radius 1 is 1.07 bits per heavy atom. The number of fused-ring (bicyclic) bond motifs is 3. The highest BCUT2D eigenvalue weighted by Crippen LogP contribution is 2.40. The van der Waals surface area contributed by atoms with E-state index in [1.54, 1.807) is 0 Å². The molecule has 6 nitrogen and oxygen atoms in total. The van der Waals surface area contributed by atoms with Crippen LogP contribution in [0.3, 0.4) is 0 Å². The smallest absolute Gasteiger partial charge is 0.410 e. The maximum atomic E-state index is 11.9. The van der Waals surface area contributed by atoms with Crippen molar-refractivity contribution in [1.29, 1.82) is 0 Å². The molecule has 5 aliphatic rings. The van der Waals surface area contributed by atoms with Crippen LogP contribution in [0.4, 0.5) is 4.79 Å². The topological polar surface area (TPSA) is 53.1 Å². The minimum atomic E-state index is -0.0919. The molecule has 0 N–H and O–H groups in total. The average molecular weight is 380 g/mol. The number of likely N-dealkylation sites (tertiary alicyclic amines) is 2. The second-order valence-electron chi connectivity index (χ2n) is 8.58. The van der Waals surface area contributed by atoms with Gasteiger partial charge >= 0.3 is 6.09 Å². The van der Waals surface area contributed by atoms with Gasteiger partial charge in [0.1, 0.15) is 0 Å². The second kappa shape index (κ2) is 9.76. The van der Waals surface area contributed by atoms with Gasteiger partial charge in [-0.05, 0) is 57.3 Å². The number of piperidine rings is 3.